The zero-order chi connectivity index (χ0) is 23.1. The number of fused-ring (bicyclic) bond motifs is 3. The number of aromatic nitrogens is 2. The Labute approximate surface area is 186 Å². The minimum Gasteiger partial charge on any atom is -0.854 e. The molecule has 5 aromatic rings. The van der Waals surface area contributed by atoms with E-state index in [-0.39, 0.29) is 16.6 Å². The van der Waals surface area contributed by atoms with Crippen LogP contribution in [0.5, 0.6) is 5.88 Å². The van der Waals surface area contributed by atoms with Crippen molar-refractivity contribution in [3.63, 3.8) is 0 Å². The van der Waals surface area contributed by atoms with Gasteiger partial charge >= 0.3 is 11.4 Å². The number of pyridine rings is 1. The van der Waals surface area contributed by atoms with Crippen LogP contribution in [0.25, 0.3) is 38.9 Å². The number of nitrogens with zero attached hydrogens (tertiary/aromatic N) is 4. The molecule has 160 valence electrons. The van der Waals surface area contributed by atoms with Crippen molar-refractivity contribution in [3.05, 3.63) is 105 Å². The summed E-state index contributed by atoms with van der Waals surface area (Å²) in [5.74, 6) is -0.597. The van der Waals surface area contributed by atoms with Gasteiger partial charge in [-0.1, -0.05) is 48.5 Å². The summed E-state index contributed by atoms with van der Waals surface area (Å²) in [5, 5.41) is 36.0. The van der Waals surface area contributed by atoms with E-state index in [1.165, 1.54) is 0 Å². The minimum absolute atomic E-state index is 0.000516. The largest absolute Gasteiger partial charge is 0.854 e. The number of rotatable bonds is 4. The van der Waals surface area contributed by atoms with Gasteiger partial charge in [0, 0.05) is 17.7 Å². The molecular formula is C24H14N4O5. The van der Waals surface area contributed by atoms with Gasteiger partial charge in [-0.15, -0.1) is 0 Å². The first-order valence-corrected chi connectivity index (χ1v) is 9.88. The van der Waals surface area contributed by atoms with Crippen LogP contribution in [0.15, 0.2) is 84.9 Å². The predicted octanol–water partition coefficient (Wildman–Crippen LogP) is 4.20. The number of nitro groups is 2. The minimum atomic E-state index is -0.852. The van der Waals surface area contributed by atoms with Crippen LogP contribution in [0, 0.1) is 20.2 Å². The monoisotopic (exact) mass is 438 g/mol. The van der Waals surface area contributed by atoms with E-state index in [9.17, 15) is 25.3 Å². The highest BCUT2D eigenvalue weighted by Gasteiger charge is 2.30. The summed E-state index contributed by atoms with van der Waals surface area (Å²) in [6, 6.07) is 24.3. The maximum atomic E-state index is 13.0. The standard InChI is InChI=1S/C24H14N4O5/c29-24-23-12-17(15-7-3-1-4-8-15)11-19(16-9-5-2-6-10-16)26(23)20-14-22(28(32)33)21(27(30)31)13-18(20)25-24/h1-14H. The molecule has 3 aromatic carbocycles. The fourth-order valence-electron chi connectivity index (χ4n) is 3.91. The van der Waals surface area contributed by atoms with Crippen LogP contribution in [0.4, 0.5) is 11.4 Å². The average Bonchev–Trinajstić information content (AvgIpc) is 2.83. The van der Waals surface area contributed by atoms with Gasteiger partial charge in [0.25, 0.3) is 0 Å². The van der Waals surface area contributed by atoms with Crippen molar-refractivity contribution in [1.29, 1.82) is 0 Å². The third-order valence-electron chi connectivity index (χ3n) is 5.39. The van der Waals surface area contributed by atoms with Crippen LogP contribution in [0.3, 0.4) is 0 Å². The van der Waals surface area contributed by atoms with E-state index in [2.05, 4.69) is 4.98 Å². The molecule has 0 N–H and O–H groups in total. The van der Waals surface area contributed by atoms with Crippen molar-refractivity contribution in [3.8, 4) is 28.3 Å². The molecule has 0 bridgehead atoms. The van der Waals surface area contributed by atoms with Gasteiger partial charge in [-0.2, -0.15) is 4.40 Å². The van der Waals surface area contributed by atoms with Gasteiger partial charge in [0.2, 0.25) is 16.7 Å². The molecule has 9 nitrogen and oxygen atoms in total. The Hall–Kier alpha value is -4.92. The SMILES string of the molecule is O=[N+]([O-])c1cc2nc([O-])c3cc(-c4ccccc4)cc(-c4ccccc4)[n+]3c2cc1[N+](=O)[O-]. The topological polar surface area (TPSA) is 126 Å². The molecule has 0 saturated carbocycles. The fourth-order valence-corrected chi connectivity index (χ4v) is 3.91. The van der Waals surface area contributed by atoms with E-state index < -0.39 is 27.1 Å². The molecule has 0 aliphatic rings. The van der Waals surface area contributed by atoms with Gasteiger partial charge in [0.15, 0.2) is 0 Å². The highest BCUT2D eigenvalue weighted by atomic mass is 16.6. The molecule has 2 aromatic heterocycles. The zero-order valence-electron chi connectivity index (χ0n) is 16.9. The van der Waals surface area contributed by atoms with Crippen LogP contribution >= 0.6 is 0 Å². The third kappa shape index (κ3) is 3.37. The molecular weight excluding hydrogens is 424 g/mol. The molecule has 9 heteroatoms. The maximum Gasteiger partial charge on any atom is 0.352 e. The van der Waals surface area contributed by atoms with Gasteiger partial charge < -0.3 is 5.11 Å². The van der Waals surface area contributed by atoms with Crippen molar-refractivity contribution in [2.75, 3.05) is 0 Å². The van der Waals surface area contributed by atoms with Gasteiger partial charge in [0.05, 0.1) is 27.9 Å². The summed E-state index contributed by atoms with van der Waals surface area (Å²) >= 11 is 0. The second kappa shape index (κ2) is 7.65. The quantitative estimate of drug-likeness (QED) is 0.179. The Balaban J connectivity index is 1.97. The van der Waals surface area contributed by atoms with E-state index in [4.69, 9.17) is 0 Å². The first-order valence-electron chi connectivity index (χ1n) is 9.88. The van der Waals surface area contributed by atoms with E-state index in [0.29, 0.717) is 5.69 Å². The molecule has 0 aliphatic carbocycles. The van der Waals surface area contributed by atoms with Crippen LogP contribution in [0.1, 0.15) is 0 Å². The molecule has 0 fully saturated rings. The molecule has 0 saturated heterocycles. The number of hydrogen-bond donors (Lipinski definition) is 0. The third-order valence-corrected chi connectivity index (χ3v) is 5.39. The molecule has 0 radical (unpaired) electrons. The molecule has 0 amide bonds. The number of nitro benzene ring substituents is 2. The number of benzene rings is 3. The molecule has 2 heterocycles. The predicted molar refractivity (Wildman–Crippen MR) is 119 cm³/mol. The second-order valence-corrected chi connectivity index (χ2v) is 7.34. The van der Waals surface area contributed by atoms with Crippen molar-refractivity contribution in [1.82, 2.24) is 4.98 Å². The smallest absolute Gasteiger partial charge is 0.352 e. The van der Waals surface area contributed by atoms with E-state index in [1.807, 2.05) is 66.7 Å². The van der Waals surface area contributed by atoms with E-state index >= 15 is 0 Å². The zero-order valence-corrected chi connectivity index (χ0v) is 16.9. The Morgan fingerprint density at radius 3 is 1.85 bits per heavy atom. The average molecular weight is 438 g/mol. The fraction of sp³-hybridized carbons (Fsp3) is 0. The molecule has 0 aliphatic heterocycles. The van der Waals surface area contributed by atoms with Crippen LogP contribution in [-0.4, -0.2) is 14.8 Å². The Kier molecular flexibility index (Phi) is 4.64. The summed E-state index contributed by atoms with van der Waals surface area (Å²) in [7, 11) is 0. The lowest BCUT2D eigenvalue weighted by Crippen LogP contribution is -2.29. The molecule has 0 spiro atoms. The molecule has 0 atom stereocenters. The summed E-state index contributed by atoms with van der Waals surface area (Å²) < 4.78 is 1.57. The van der Waals surface area contributed by atoms with Crippen LogP contribution in [0.2, 0.25) is 0 Å². The summed E-state index contributed by atoms with van der Waals surface area (Å²) in [6.45, 7) is 0. The Bertz CT molecular complexity index is 1570. The highest BCUT2D eigenvalue weighted by Crippen LogP contribution is 2.33. The van der Waals surface area contributed by atoms with Crippen molar-refractivity contribution < 1.29 is 19.4 Å². The van der Waals surface area contributed by atoms with Crippen LogP contribution in [-0.2, 0) is 0 Å². The van der Waals surface area contributed by atoms with Gasteiger partial charge in [-0.3, -0.25) is 25.2 Å². The Morgan fingerprint density at radius 2 is 1.24 bits per heavy atom. The summed E-state index contributed by atoms with van der Waals surface area (Å²) in [5.41, 5.74) is 2.04. The second-order valence-electron chi connectivity index (χ2n) is 7.34. The molecule has 0 unspecified atom stereocenters. The highest BCUT2D eigenvalue weighted by molar-refractivity contribution is 5.84. The lowest BCUT2D eigenvalue weighted by Gasteiger charge is -2.12. The van der Waals surface area contributed by atoms with Gasteiger partial charge in [-0.05, 0) is 23.3 Å². The lowest BCUT2D eigenvalue weighted by molar-refractivity contribution is -0.475. The van der Waals surface area contributed by atoms with E-state index in [1.54, 1.807) is 10.5 Å². The first-order chi connectivity index (χ1) is 15.9. The van der Waals surface area contributed by atoms with E-state index in [0.717, 1.165) is 28.8 Å². The lowest BCUT2D eigenvalue weighted by atomic mass is 10.0. The summed E-state index contributed by atoms with van der Waals surface area (Å²) in [4.78, 5) is 25.3. The van der Waals surface area contributed by atoms with Crippen molar-refractivity contribution in [2.24, 2.45) is 0 Å². The van der Waals surface area contributed by atoms with Crippen molar-refractivity contribution >= 4 is 27.9 Å². The summed E-state index contributed by atoms with van der Waals surface area (Å²) in [6.07, 6.45) is 0. The first kappa shape index (κ1) is 20.0. The van der Waals surface area contributed by atoms with Crippen LogP contribution < -0.4 is 9.51 Å². The molecule has 33 heavy (non-hydrogen) atoms. The van der Waals surface area contributed by atoms with Crippen molar-refractivity contribution in [2.45, 2.75) is 0 Å². The Morgan fingerprint density at radius 1 is 0.667 bits per heavy atom. The maximum absolute atomic E-state index is 13.0. The van der Waals surface area contributed by atoms with Gasteiger partial charge in [0.1, 0.15) is 5.52 Å². The molecule has 5 rings (SSSR count). The van der Waals surface area contributed by atoms with Gasteiger partial charge in [-0.25, -0.2) is 0 Å². The number of hydrogen-bond acceptors (Lipinski definition) is 6. The normalized spacial score (nSPS) is 11.0.